The zero-order valence-electron chi connectivity index (χ0n) is 8.75. The highest BCUT2D eigenvalue weighted by Crippen LogP contribution is 2.10. The molecule has 3 heteroatoms. The third-order valence-electron chi connectivity index (χ3n) is 1.88. The Morgan fingerprint density at radius 2 is 2.36 bits per heavy atom. The van der Waals surface area contributed by atoms with Crippen molar-refractivity contribution in [3.8, 4) is 0 Å². The van der Waals surface area contributed by atoms with Crippen LogP contribution in [0.15, 0.2) is 17.5 Å². The molecule has 0 saturated carbocycles. The van der Waals surface area contributed by atoms with E-state index >= 15 is 0 Å². The third kappa shape index (κ3) is 4.03. The Kier molecular flexibility index (Phi) is 4.84. The quantitative estimate of drug-likeness (QED) is 0.579. The van der Waals surface area contributed by atoms with Gasteiger partial charge in [0.1, 0.15) is 0 Å². The molecule has 0 radical (unpaired) electrons. The fraction of sp³-hybridized carbons (Fsp3) is 0.545. The molecule has 0 saturated heterocycles. The van der Waals surface area contributed by atoms with E-state index in [0.29, 0.717) is 12.3 Å². The zero-order valence-corrected chi connectivity index (χ0v) is 9.56. The van der Waals surface area contributed by atoms with Crippen LogP contribution < -0.4 is 5.32 Å². The molecule has 2 nitrogen and oxygen atoms in total. The number of nitrogens with one attached hydrogen (secondary N) is 1. The molecule has 1 rings (SSSR count). The topological polar surface area (TPSA) is 29.1 Å². The van der Waals surface area contributed by atoms with Crippen LogP contribution in [0.25, 0.3) is 0 Å². The standard InChI is InChI=1S/C11H17NOS/c1-9(2)8-12-6-5-10(13)11-4-3-7-14-11/h3-4,7,9,12H,5-6,8H2,1-2H3. The highest BCUT2D eigenvalue weighted by molar-refractivity contribution is 7.12. The van der Waals surface area contributed by atoms with E-state index < -0.39 is 0 Å². The van der Waals surface area contributed by atoms with Gasteiger partial charge in [-0.05, 0) is 23.9 Å². The number of Topliss-reactive ketones (excluding diaryl/α,β-unsaturated/α-hetero) is 1. The molecule has 0 aromatic carbocycles. The lowest BCUT2D eigenvalue weighted by Crippen LogP contribution is -2.22. The minimum absolute atomic E-state index is 0.247. The van der Waals surface area contributed by atoms with Crippen molar-refractivity contribution in [3.63, 3.8) is 0 Å². The van der Waals surface area contributed by atoms with Gasteiger partial charge in [0.25, 0.3) is 0 Å². The van der Waals surface area contributed by atoms with Crippen molar-refractivity contribution in [2.75, 3.05) is 13.1 Å². The summed E-state index contributed by atoms with van der Waals surface area (Å²) >= 11 is 1.52. The molecule has 0 bridgehead atoms. The second kappa shape index (κ2) is 5.94. The predicted molar refractivity (Wildman–Crippen MR) is 61.0 cm³/mol. The molecule has 1 aromatic rings. The summed E-state index contributed by atoms with van der Waals surface area (Å²) in [4.78, 5) is 12.4. The molecular formula is C11H17NOS. The van der Waals surface area contributed by atoms with Gasteiger partial charge >= 0.3 is 0 Å². The second-order valence-corrected chi connectivity index (χ2v) is 4.70. The Morgan fingerprint density at radius 3 is 2.93 bits per heavy atom. The lowest BCUT2D eigenvalue weighted by Gasteiger charge is -2.05. The monoisotopic (exact) mass is 211 g/mol. The number of ketones is 1. The molecule has 0 amide bonds. The maximum absolute atomic E-state index is 11.5. The van der Waals surface area contributed by atoms with E-state index in [4.69, 9.17) is 0 Å². The predicted octanol–water partition coefficient (Wildman–Crippen LogP) is 2.57. The van der Waals surface area contributed by atoms with Crippen LogP contribution in [-0.2, 0) is 0 Å². The van der Waals surface area contributed by atoms with Crippen LogP contribution in [-0.4, -0.2) is 18.9 Å². The van der Waals surface area contributed by atoms with Crippen molar-refractivity contribution >= 4 is 17.1 Å². The Hall–Kier alpha value is -0.670. The molecule has 0 aliphatic carbocycles. The summed E-state index contributed by atoms with van der Waals surface area (Å²) < 4.78 is 0. The van der Waals surface area contributed by atoms with Crippen LogP contribution in [0.5, 0.6) is 0 Å². The average molecular weight is 211 g/mol. The van der Waals surface area contributed by atoms with Crippen molar-refractivity contribution in [1.29, 1.82) is 0 Å². The molecule has 78 valence electrons. The average Bonchev–Trinajstić information content (AvgIpc) is 2.64. The normalized spacial score (nSPS) is 10.8. The van der Waals surface area contributed by atoms with Crippen LogP contribution in [0.1, 0.15) is 29.9 Å². The summed E-state index contributed by atoms with van der Waals surface area (Å²) in [5.41, 5.74) is 0. The largest absolute Gasteiger partial charge is 0.316 e. The molecule has 0 aliphatic heterocycles. The summed E-state index contributed by atoms with van der Waals surface area (Å²) in [6.07, 6.45) is 0.604. The first-order valence-electron chi connectivity index (χ1n) is 4.97. The van der Waals surface area contributed by atoms with Crippen LogP contribution in [0.3, 0.4) is 0 Å². The van der Waals surface area contributed by atoms with E-state index in [-0.39, 0.29) is 5.78 Å². The molecule has 0 atom stereocenters. The van der Waals surface area contributed by atoms with Crippen LogP contribution >= 0.6 is 11.3 Å². The molecule has 1 N–H and O–H groups in total. The van der Waals surface area contributed by atoms with E-state index in [0.717, 1.165) is 18.0 Å². The van der Waals surface area contributed by atoms with E-state index in [1.807, 2.05) is 17.5 Å². The van der Waals surface area contributed by atoms with Gasteiger partial charge in [0.05, 0.1) is 4.88 Å². The Bertz CT molecular complexity index is 267. The van der Waals surface area contributed by atoms with E-state index in [2.05, 4.69) is 19.2 Å². The molecule has 14 heavy (non-hydrogen) atoms. The van der Waals surface area contributed by atoms with Crippen molar-refractivity contribution in [2.24, 2.45) is 5.92 Å². The lowest BCUT2D eigenvalue weighted by atomic mass is 10.2. The second-order valence-electron chi connectivity index (χ2n) is 3.75. The van der Waals surface area contributed by atoms with Gasteiger partial charge in [-0.3, -0.25) is 4.79 Å². The fourth-order valence-corrected chi connectivity index (χ4v) is 1.85. The molecular weight excluding hydrogens is 194 g/mol. The molecule has 0 spiro atoms. The van der Waals surface area contributed by atoms with Gasteiger partial charge < -0.3 is 5.32 Å². The number of rotatable bonds is 6. The van der Waals surface area contributed by atoms with Crippen LogP contribution in [0, 0.1) is 5.92 Å². The smallest absolute Gasteiger partial charge is 0.174 e. The molecule has 0 unspecified atom stereocenters. The van der Waals surface area contributed by atoms with Gasteiger partial charge in [0.15, 0.2) is 5.78 Å². The maximum Gasteiger partial charge on any atom is 0.174 e. The van der Waals surface area contributed by atoms with Gasteiger partial charge in [-0.1, -0.05) is 19.9 Å². The van der Waals surface area contributed by atoms with Gasteiger partial charge in [0.2, 0.25) is 0 Å². The minimum Gasteiger partial charge on any atom is -0.316 e. The summed E-state index contributed by atoms with van der Waals surface area (Å²) in [6, 6.07) is 3.80. The SMILES string of the molecule is CC(C)CNCCC(=O)c1cccs1. The van der Waals surface area contributed by atoms with E-state index in [1.165, 1.54) is 11.3 Å². The molecule has 1 heterocycles. The number of carbonyl (C=O) groups excluding carboxylic acids is 1. The first kappa shape index (κ1) is 11.4. The summed E-state index contributed by atoms with van der Waals surface area (Å²) in [7, 11) is 0. The Balaban J connectivity index is 2.16. The van der Waals surface area contributed by atoms with Crippen molar-refractivity contribution in [2.45, 2.75) is 20.3 Å². The summed E-state index contributed by atoms with van der Waals surface area (Å²) in [6.45, 7) is 6.09. The number of carbonyl (C=O) groups is 1. The summed E-state index contributed by atoms with van der Waals surface area (Å²) in [5.74, 6) is 0.892. The molecule has 0 fully saturated rings. The highest BCUT2D eigenvalue weighted by atomic mass is 32.1. The fourth-order valence-electron chi connectivity index (χ4n) is 1.15. The molecule has 1 aromatic heterocycles. The van der Waals surface area contributed by atoms with Gasteiger partial charge in [-0.2, -0.15) is 0 Å². The number of hydrogen-bond acceptors (Lipinski definition) is 3. The van der Waals surface area contributed by atoms with E-state index in [1.54, 1.807) is 0 Å². The third-order valence-corrected chi connectivity index (χ3v) is 2.79. The van der Waals surface area contributed by atoms with Gasteiger partial charge in [0, 0.05) is 13.0 Å². The van der Waals surface area contributed by atoms with E-state index in [9.17, 15) is 4.79 Å². The molecule has 0 aliphatic rings. The summed E-state index contributed by atoms with van der Waals surface area (Å²) in [5, 5.41) is 5.20. The maximum atomic E-state index is 11.5. The number of hydrogen-bond donors (Lipinski definition) is 1. The van der Waals surface area contributed by atoms with Gasteiger partial charge in [-0.25, -0.2) is 0 Å². The van der Waals surface area contributed by atoms with Crippen molar-refractivity contribution in [1.82, 2.24) is 5.32 Å². The first-order valence-corrected chi connectivity index (χ1v) is 5.85. The number of thiophene rings is 1. The van der Waals surface area contributed by atoms with Crippen molar-refractivity contribution < 1.29 is 4.79 Å². The minimum atomic E-state index is 0.247. The zero-order chi connectivity index (χ0) is 10.4. The van der Waals surface area contributed by atoms with Crippen LogP contribution in [0.2, 0.25) is 0 Å². The Labute approximate surface area is 89.3 Å². The first-order chi connectivity index (χ1) is 6.70. The van der Waals surface area contributed by atoms with Crippen LogP contribution in [0.4, 0.5) is 0 Å². The highest BCUT2D eigenvalue weighted by Gasteiger charge is 2.05. The van der Waals surface area contributed by atoms with Gasteiger partial charge in [-0.15, -0.1) is 11.3 Å². The lowest BCUT2D eigenvalue weighted by molar-refractivity contribution is 0.0986. The Morgan fingerprint density at radius 1 is 1.57 bits per heavy atom. The van der Waals surface area contributed by atoms with Crippen molar-refractivity contribution in [3.05, 3.63) is 22.4 Å².